The Balaban J connectivity index is 2.67. The van der Waals surface area contributed by atoms with Crippen LogP contribution in [-0.2, 0) is 10.1 Å². The first-order valence-corrected chi connectivity index (χ1v) is 8.91. The minimum Gasteiger partial charge on any atom is -0.282 e. The molecule has 1 N–H and O–H groups in total. The fraction of sp³-hybridized carbons (Fsp3) is 0.200. The third-order valence-corrected chi connectivity index (χ3v) is 5.22. The zero-order chi connectivity index (χ0) is 18.2. The van der Waals surface area contributed by atoms with E-state index < -0.39 is 43.2 Å². The number of benzene rings is 2. The Hall–Kier alpha value is -1.58. The van der Waals surface area contributed by atoms with Gasteiger partial charge < -0.3 is 0 Å². The molecule has 0 spiro atoms. The van der Waals surface area contributed by atoms with Crippen molar-refractivity contribution in [3.8, 4) is 0 Å². The van der Waals surface area contributed by atoms with Crippen LogP contribution in [0.25, 0.3) is 0 Å². The van der Waals surface area contributed by atoms with Crippen LogP contribution in [0.5, 0.6) is 0 Å². The van der Waals surface area contributed by atoms with Crippen LogP contribution >= 0.6 is 11.8 Å². The maximum Gasteiger partial charge on any atom is 0.300 e. The van der Waals surface area contributed by atoms with E-state index in [1.807, 2.05) is 13.8 Å². The van der Waals surface area contributed by atoms with Crippen LogP contribution in [0.4, 0.5) is 17.6 Å². The van der Waals surface area contributed by atoms with Crippen molar-refractivity contribution in [3.05, 3.63) is 53.1 Å². The molecule has 0 fully saturated rings. The van der Waals surface area contributed by atoms with Crippen LogP contribution in [0.1, 0.15) is 25.3 Å². The first-order valence-electron chi connectivity index (χ1n) is 6.65. The van der Waals surface area contributed by atoms with Gasteiger partial charge in [0.15, 0.2) is 28.2 Å². The van der Waals surface area contributed by atoms with Crippen LogP contribution in [0.3, 0.4) is 0 Å². The second kappa shape index (κ2) is 6.73. The highest BCUT2D eigenvalue weighted by molar-refractivity contribution is 7.99. The summed E-state index contributed by atoms with van der Waals surface area (Å²) in [4.78, 5) is -2.70. The molecule has 0 bridgehead atoms. The Labute approximate surface area is 140 Å². The summed E-state index contributed by atoms with van der Waals surface area (Å²) < 4.78 is 86.4. The first kappa shape index (κ1) is 18.8. The minimum atomic E-state index is -5.46. The van der Waals surface area contributed by atoms with Crippen LogP contribution in [0.2, 0.25) is 0 Å². The van der Waals surface area contributed by atoms with Gasteiger partial charge in [0.2, 0.25) is 0 Å². The van der Waals surface area contributed by atoms with Crippen LogP contribution in [0.15, 0.2) is 39.0 Å². The molecule has 0 aliphatic carbocycles. The number of rotatable bonds is 4. The summed E-state index contributed by atoms with van der Waals surface area (Å²) in [6, 6.07) is 6.51. The Kier molecular flexibility index (Phi) is 5.26. The van der Waals surface area contributed by atoms with E-state index in [4.69, 9.17) is 4.55 Å². The second-order valence-electron chi connectivity index (χ2n) is 5.18. The van der Waals surface area contributed by atoms with Crippen molar-refractivity contribution in [2.75, 3.05) is 0 Å². The van der Waals surface area contributed by atoms with Gasteiger partial charge in [-0.1, -0.05) is 43.8 Å². The monoisotopic (exact) mass is 380 g/mol. The van der Waals surface area contributed by atoms with Crippen LogP contribution in [0, 0.1) is 23.3 Å². The summed E-state index contributed by atoms with van der Waals surface area (Å²) in [7, 11) is -5.46. The van der Waals surface area contributed by atoms with Crippen molar-refractivity contribution in [1.82, 2.24) is 0 Å². The van der Waals surface area contributed by atoms with E-state index in [-0.39, 0.29) is 5.92 Å². The Bertz CT molecular complexity index is 867. The van der Waals surface area contributed by atoms with Gasteiger partial charge in [0.05, 0.1) is 4.90 Å². The molecule has 0 heterocycles. The summed E-state index contributed by atoms with van der Waals surface area (Å²) in [5.41, 5.74) is 0.695. The van der Waals surface area contributed by atoms with Crippen molar-refractivity contribution in [3.63, 3.8) is 0 Å². The van der Waals surface area contributed by atoms with Crippen LogP contribution < -0.4 is 0 Å². The quantitative estimate of drug-likeness (QED) is 0.472. The molecule has 0 saturated carbocycles. The van der Waals surface area contributed by atoms with E-state index in [1.165, 1.54) is 6.07 Å². The molecule has 0 radical (unpaired) electrons. The molecule has 0 unspecified atom stereocenters. The number of halogens is 4. The number of hydrogen-bond donors (Lipinski definition) is 1. The Morgan fingerprint density at radius 1 is 0.958 bits per heavy atom. The zero-order valence-electron chi connectivity index (χ0n) is 12.5. The molecule has 0 aliphatic rings. The van der Waals surface area contributed by atoms with Gasteiger partial charge in [0, 0.05) is 4.90 Å². The molecule has 0 amide bonds. The third-order valence-electron chi connectivity index (χ3n) is 3.19. The molecular weight excluding hydrogens is 368 g/mol. The van der Waals surface area contributed by atoms with Crippen molar-refractivity contribution in [2.45, 2.75) is 34.5 Å². The summed E-state index contributed by atoms with van der Waals surface area (Å²) in [5.74, 6) is -8.12. The molecule has 2 aromatic carbocycles. The highest BCUT2D eigenvalue weighted by Gasteiger charge is 2.32. The van der Waals surface area contributed by atoms with Gasteiger partial charge in [-0.25, -0.2) is 17.6 Å². The molecule has 0 saturated heterocycles. The zero-order valence-corrected chi connectivity index (χ0v) is 14.1. The molecule has 24 heavy (non-hydrogen) atoms. The van der Waals surface area contributed by atoms with E-state index in [2.05, 4.69) is 0 Å². The molecule has 2 rings (SSSR count). The third kappa shape index (κ3) is 3.42. The van der Waals surface area contributed by atoms with Gasteiger partial charge in [0.1, 0.15) is 0 Å². The SMILES string of the molecule is CC(C)c1ccccc1Sc1c(F)c(F)c(S(=O)(=O)O)c(F)c1F. The fourth-order valence-corrected chi connectivity index (χ4v) is 3.85. The van der Waals surface area contributed by atoms with E-state index in [1.54, 1.807) is 18.2 Å². The van der Waals surface area contributed by atoms with Gasteiger partial charge in [-0.2, -0.15) is 8.42 Å². The van der Waals surface area contributed by atoms with Crippen molar-refractivity contribution < 1.29 is 30.5 Å². The predicted octanol–water partition coefficient (Wildman–Crippen LogP) is 4.76. The lowest BCUT2D eigenvalue weighted by Gasteiger charge is -2.14. The normalized spacial score (nSPS) is 12.0. The van der Waals surface area contributed by atoms with E-state index >= 15 is 0 Å². The highest BCUT2D eigenvalue weighted by atomic mass is 32.2. The second-order valence-corrected chi connectivity index (χ2v) is 7.59. The van der Waals surface area contributed by atoms with Crippen molar-refractivity contribution in [1.29, 1.82) is 0 Å². The minimum absolute atomic E-state index is 0.0217. The molecule has 0 aliphatic heterocycles. The van der Waals surface area contributed by atoms with E-state index in [9.17, 15) is 26.0 Å². The molecule has 3 nitrogen and oxygen atoms in total. The molecular formula is C15H12F4O3S2. The lowest BCUT2D eigenvalue weighted by molar-refractivity contribution is 0.384. The smallest absolute Gasteiger partial charge is 0.282 e. The predicted molar refractivity (Wildman–Crippen MR) is 80.7 cm³/mol. The average Bonchev–Trinajstić information content (AvgIpc) is 2.48. The van der Waals surface area contributed by atoms with Crippen molar-refractivity contribution >= 4 is 21.9 Å². The summed E-state index contributed by atoms with van der Waals surface area (Å²) in [6.07, 6.45) is 0. The van der Waals surface area contributed by atoms with Gasteiger partial charge in [0.25, 0.3) is 0 Å². The molecule has 0 aromatic heterocycles. The van der Waals surface area contributed by atoms with E-state index in [0.29, 0.717) is 22.2 Å². The lowest BCUT2D eigenvalue weighted by atomic mass is 10.0. The molecule has 130 valence electrons. The highest BCUT2D eigenvalue weighted by Crippen LogP contribution is 2.39. The molecule has 0 atom stereocenters. The van der Waals surface area contributed by atoms with Gasteiger partial charge in [-0.15, -0.1) is 0 Å². The maximum atomic E-state index is 14.1. The van der Waals surface area contributed by atoms with Gasteiger partial charge in [-0.05, 0) is 17.5 Å². The Morgan fingerprint density at radius 2 is 1.46 bits per heavy atom. The number of hydrogen-bond acceptors (Lipinski definition) is 3. The summed E-state index contributed by atoms with van der Waals surface area (Å²) in [6.45, 7) is 3.66. The lowest BCUT2D eigenvalue weighted by Crippen LogP contribution is -2.11. The van der Waals surface area contributed by atoms with E-state index in [0.717, 1.165) is 0 Å². The van der Waals surface area contributed by atoms with Crippen LogP contribution in [-0.4, -0.2) is 13.0 Å². The fourth-order valence-electron chi connectivity index (χ4n) is 2.07. The first-order chi connectivity index (χ1) is 11.1. The molecule has 9 heteroatoms. The van der Waals surface area contributed by atoms with Gasteiger partial charge >= 0.3 is 10.1 Å². The summed E-state index contributed by atoms with van der Waals surface area (Å²) in [5, 5.41) is 0. The van der Waals surface area contributed by atoms with Gasteiger partial charge in [-0.3, -0.25) is 4.55 Å². The Morgan fingerprint density at radius 3 is 1.92 bits per heavy atom. The summed E-state index contributed by atoms with van der Waals surface area (Å²) >= 11 is 0.437. The molecule has 2 aromatic rings. The van der Waals surface area contributed by atoms with Crippen molar-refractivity contribution in [2.24, 2.45) is 0 Å². The maximum absolute atomic E-state index is 14.1. The average molecular weight is 380 g/mol. The standard InChI is InChI=1S/C15H12F4O3S2/c1-7(2)8-5-3-4-6-9(8)23-14-10(16)12(18)15(24(20,21)22)13(19)11(14)17/h3-7H,1-2H3,(H,20,21,22). The largest absolute Gasteiger partial charge is 0.300 e. The topological polar surface area (TPSA) is 54.4 Å².